The molecule has 3 amide bonds. The normalized spacial score (nSPS) is 18.2. The minimum absolute atomic E-state index is 0.166. The maximum atomic E-state index is 12.5. The highest BCUT2D eigenvalue weighted by Crippen LogP contribution is 2.41. The molecular formula is C20H26N6O2S. The standard InChI is InChI=1S/C20H26N6O2S/c1-13(18(27)23-19(28)22-15-7-3-2-4-8-15)29-20-25-24-17(26(20)16-9-10-16)14-6-5-11-21-12-14/h5-6,11-13,15-16H,2-4,7-10H2,1H3,(H2,22,23,27,28)/t13-/m0/s1. The van der Waals surface area contributed by atoms with Crippen molar-refractivity contribution >= 4 is 23.7 Å². The third-order valence-electron chi connectivity index (χ3n) is 5.32. The number of urea groups is 1. The van der Waals surface area contributed by atoms with Crippen molar-refractivity contribution in [2.24, 2.45) is 0 Å². The highest BCUT2D eigenvalue weighted by atomic mass is 32.2. The summed E-state index contributed by atoms with van der Waals surface area (Å²) in [5.74, 6) is 0.447. The summed E-state index contributed by atoms with van der Waals surface area (Å²) in [6.45, 7) is 1.78. The number of rotatable bonds is 6. The van der Waals surface area contributed by atoms with Gasteiger partial charge in [-0.2, -0.15) is 0 Å². The first-order valence-corrected chi connectivity index (χ1v) is 11.1. The summed E-state index contributed by atoms with van der Waals surface area (Å²) >= 11 is 1.33. The lowest BCUT2D eigenvalue weighted by molar-refractivity contribution is -0.119. The zero-order valence-electron chi connectivity index (χ0n) is 16.5. The average molecular weight is 415 g/mol. The van der Waals surface area contributed by atoms with Crippen LogP contribution in [-0.2, 0) is 4.79 Å². The fourth-order valence-electron chi connectivity index (χ4n) is 3.60. The van der Waals surface area contributed by atoms with E-state index in [1.165, 1.54) is 18.2 Å². The van der Waals surface area contributed by atoms with Gasteiger partial charge in [0.1, 0.15) is 0 Å². The predicted octanol–water partition coefficient (Wildman–Crippen LogP) is 3.31. The van der Waals surface area contributed by atoms with Crippen LogP contribution in [0.1, 0.15) is 57.9 Å². The zero-order chi connectivity index (χ0) is 20.2. The van der Waals surface area contributed by atoms with Crippen molar-refractivity contribution < 1.29 is 9.59 Å². The van der Waals surface area contributed by atoms with E-state index in [1.807, 2.05) is 12.1 Å². The molecule has 0 saturated heterocycles. The molecule has 0 spiro atoms. The molecule has 154 valence electrons. The Morgan fingerprint density at radius 3 is 2.66 bits per heavy atom. The Kier molecular flexibility index (Phi) is 6.13. The average Bonchev–Trinajstić information content (AvgIpc) is 3.49. The van der Waals surface area contributed by atoms with Crippen LogP contribution < -0.4 is 10.6 Å². The van der Waals surface area contributed by atoms with Crippen molar-refractivity contribution in [1.29, 1.82) is 0 Å². The van der Waals surface area contributed by atoms with E-state index in [0.29, 0.717) is 11.2 Å². The van der Waals surface area contributed by atoms with Crippen LogP contribution in [0.5, 0.6) is 0 Å². The van der Waals surface area contributed by atoms with Crippen LogP contribution >= 0.6 is 11.8 Å². The van der Waals surface area contributed by atoms with Crippen molar-refractivity contribution in [2.75, 3.05) is 0 Å². The first kappa shape index (κ1) is 19.9. The molecule has 9 heteroatoms. The topological polar surface area (TPSA) is 102 Å². The molecule has 1 atom stereocenters. The third-order valence-corrected chi connectivity index (χ3v) is 6.38. The Hall–Kier alpha value is -2.42. The first-order chi connectivity index (χ1) is 14.1. The van der Waals surface area contributed by atoms with Crippen LogP contribution in [0.4, 0.5) is 4.79 Å². The molecule has 2 aromatic rings. The number of imide groups is 1. The highest BCUT2D eigenvalue weighted by Gasteiger charge is 2.32. The van der Waals surface area contributed by atoms with Gasteiger partial charge in [0, 0.05) is 30.0 Å². The Balaban J connectivity index is 1.39. The van der Waals surface area contributed by atoms with Gasteiger partial charge in [0.05, 0.1) is 5.25 Å². The number of carbonyl (C=O) groups excluding carboxylic acids is 2. The van der Waals surface area contributed by atoms with Crippen LogP contribution in [0.25, 0.3) is 11.4 Å². The molecule has 2 fully saturated rings. The van der Waals surface area contributed by atoms with E-state index in [1.54, 1.807) is 19.3 Å². The van der Waals surface area contributed by atoms with E-state index in [0.717, 1.165) is 49.9 Å². The van der Waals surface area contributed by atoms with Crippen molar-refractivity contribution in [1.82, 2.24) is 30.4 Å². The molecule has 0 aromatic carbocycles. The molecular weight excluding hydrogens is 388 g/mol. The number of carbonyl (C=O) groups is 2. The quantitative estimate of drug-likeness (QED) is 0.703. The van der Waals surface area contributed by atoms with Gasteiger partial charge in [-0.3, -0.25) is 19.7 Å². The predicted molar refractivity (Wildman–Crippen MR) is 110 cm³/mol. The van der Waals surface area contributed by atoms with Gasteiger partial charge in [0.25, 0.3) is 0 Å². The number of pyridine rings is 1. The van der Waals surface area contributed by atoms with Crippen LogP contribution in [0.3, 0.4) is 0 Å². The molecule has 8 nitrogen and oxygen atoms in total. The van der Waals surface area contributed by atoms with Gasteiger partial charge in [-0.25, -0.2) is 4.79 Å². The van der Waals surface area contributed by atoms with Crippen LogP contribution in [0.15, 0.2) is 29.7 Å². The number of aromatic nitrogens is 4. The molecule has 0 radical (unpaired) electrons. The molecule has 0 bridgehead atoms. The lowest BCUT2D eigenvalue weighted by Gasteiger charge is -2.23. The highest BCUT2D eigenvalue weighted by molar-refractivity contribution is 8.00. The number of nitrogens with zero attached hydrogens (tertiary/aromatic N) is 4. The SMILES string of the molecule is C[C@H](Sc1nnc(-c2cccnc2)n1C1CC1)C(=O)NC(=O)NC1CCCCC1. The Morgan fingerprint density at radius 2 is 1.97 bits per heavy atom. The van der Waals surface area contributed by atoms with Gasteiger partial charge in [0.2, 0.25) is 5.91 Å². The van der Waals surface area contributed by atoms with E-state index < -0.39 is 11.3 Å². The van der Waals surface area contributed by atoms with E-state index in [-0.39, 0.29) is 11.9 Å². The van der Waals surface area contributed by atoms with Crippen molar-refractivity contribution in [3.63, 3.8) is 0 Å². The summed E-state index contributed by atoms with van der Waals surface area (Å²) in [5.41, 5.74) is 0.905. The molecule has 2 aliphatic rings. The molecule has 2 saturated carbocycles. The van der Waals surface area contributed by atoms with Crippen molar-refractivity contribution in [2.45, 2.75) is 74.4 Å². The number of hydrogen-bond donors (Lipinski definition) is 2. The largest absolute Gasteiger partial charge is 0.335 e. The fraction of sp³-hybridized carbons (Fsp3) is 0.550. The third kappa shape index (κ3) is 4.95. The van der Waals surface area contributed by atoms with E-state index >= 15 is 0 Å². The summed E-state index contributed by atoms with van der Waals surface area (Å²) in [4.78, 5) is 28.8. The van der Waals surface area contributed by atoms with Gasteiger partial charge in [0.15, 0.2) is 11.0 Å². The Morgan fingerprint density at radius 1 is 1.17 bits per heavy atom. The summed E-state index contributed by atoms with van der Waals surface area (Å²) in [5, 5.41) is 14.3. The maximum Gasteiger partial charge on any atom is 0.321 e. The van der Waals surface area contributed by atoms with E-state index in [2.05, 4.69) is 30.4 Å². The summed E-state index contributed by atoms with van der Waals surface area (Å²) < 4.78 is 2.09. The second-order valence-electron chi connectivity index (χ2n) is 7.71. The molecule has 2 N–H and O–H groups in total. The van der Waals surface area contributed by atoms with Crippen molar-refractivity contribution in [3.05, 3.63) is 24.5 Å². The van der Waals surface area contributed by atoms with Crippen LogP contribution in [0, 0.1) is 0 Å². The van der Waals surface area contributed by atoms with E-state index in [9.17, 15) is 9.59 Å². The maximum absolute atomic E-state index is 12.5. The van der Waals surface area contributed by atoms with E-state index in [4.69, 9.17) is 0 Å². The molecule has 2 heterocycles. The minimum Gasteiger partial charge on any atom is -0.335 e. The number of nitrogens with one attached hydrogen (secondary N) is 2. The fourth-order valence-corrected chi connectivity index (χ4v) is 4.52. The van der Waals surface area contributed by atoms with Gasteiger partial charge in [-0.05, 0) is 44.7 Å². The summed E-state index contributed by atoms with van der Waals surface area (Å²) in [6, 6.07) is 3.94. The Bertz CT molecular complexity index is 861. The number of amides is 3. The van der Waals surface area contributed by atoms with Crippen LogP contribution in [-0.4, -0.2) is 43.0 Å². The molecule has 29 heavy (non-hydrogen) atoms. The summed E-state index contributed by atoms with van der Waals surface area (Å²) in [7, 11) is 0. The van der Waals surface area contributed by atoms with Crippen LogP contribution in [0.2, 0.25) is 0 Å². The van der Waals surface area contributed by atoms with Gasteiger partial charge in [-0.15, -0.1) is 10.2 Å². The Labute approximate surface area is 174 Å². The minimum atomic E-state index is -0.462. The molecule has 0 unspecified atom stereocenters. The summed E-state index contributed by atoms with van der Waals surface area (Å²) in [6.07, 6.45) is 11.1. The molecule has 2 aliphatic carbocycles. The van der Waals surface area contributed by atoms with Gasteiger partial charge >= 0.3 is 6.03 Å². The monoisotopic (exact) mass is 414 g/mol. The second kappa shape index (κ2) is 8.94. The molecule has 0 aliphatic heterocycles. The lowest BCUT2D eigenvalue weighted by Crippen LogP contribution is -2.47. The zero-order valence-corrected chi connectivity index (χ0v) is 17.3. The number of hydrogen-bond acceptors (Lipinski definition) is 6. The van der Waals surface area contributed by atoms with Crippen molar-refractivity contribution in [3.8, 4) is 11.4 Å². The number of thioether (sulfide) groups is 1. The van der Waals surface area contributed by atoms with Gasteiger partial charge < -0.3 is 5.32 Å². The molecule has 4 rings (SSSR count). The second-order valence-corrected chi connectivity index (χ2v) is 9.01. The smallest absolute Gasteiger partial charge is 0.321 e. The lowest BCUT2D eigenvalue weighted by atomic mass is 9.96. The van der Waals surface area contributed by atoms with Gasteiger partial charge in [-0.1, -0.05) is 31.0 Å². The molecule has 2 aromatic heterocycles. The first-order valence-electron chi connectivity index (χ1n) is 10.2.